The van der Waals surface area contributed by atoms with E-state index in [-0.39, 0.29) is 29.6 Å². The van der Waals surface area contributed by atoms with E-state index in [2.05, 4.69) is 9.88 Å². The fourth-order valence-corrected chi connectivity index (χ4v) is 4.58. The zero-order chi connectivity index (χ0) is 14.0. The third kappa shape index (κ3) is 3.32. The molecule has 19 heavy (non-hydrogen) atoms. The summed E-state index contributed by atoms with van der Waals surface area (Å²) >= 11 is 0. The first-order chi connectivity index (χ1) is 8.91. The maximum absolute atomic E-state index is 11.6. The second kappa shape index (κ2) is 5.56. The SMILES string of the molecule is CC(N)C(c1ccncc1)N(C)C1CCS(=O)(=O)C1. The molecule has 0 aliphatic carbocycles. The molecule has 1 saturated heterocycles. The Kier molecular flexibility index (Phi) is 4.23. The summed E-state index contributed by atoms with van der Waals surface area (Å²) in [6.07, 6.45) is 4.17. The topological polar surface area (TPSA) is 76.3 Å². The standard InChI is InChI=1S/C13H21N3O2S/c1-10(14)13(11-3-6-15-7-4-11)16(2)12-5-8-19(17,18)9-12/h3-4,6-7,10,12-13H,5,8-9,14H2,1-2H3. The Hall–Kier alpha value is -0.980. The predicted octanol–water partition coefficient (Wildman–Crippen LogP) is 0.589. The van der Waals surface area contributed by atoms with Crippen molar-refractivity contribution in [3.05, 3.63) is 30.1 Å². The van der Waals surface area contributed by atoms with Crippen LogP contribution in [0, 0.1) is 0 Å². The molecule has 2 N–H and O–H groups in total. The lowest BCUT2D eigenvalue weighted by Crippen LogP contribution is -2.43. The van der Waals surface area contributed by atoms with Gasteiger partial charge in [0.05, 0.1) is 11.5 Å². The van der Waals surface area contributed by atoms with Gasteiger partial charge in [0.1, 0.15) is 0 Å². The summed E-state index contributed by atoms with van der Waals surface area (Å²) in [4.78, 5) is 6.11. The van der Waals surface area contributed by atoms with Crippen molar-refractivity contribution in [3.63, 3.8) is 0 Å². The summed E-state index contributed by atoms with van der Waals surface area (Å²) in [5, 5.41) is 0. The van der Waals surface area contributed by atoms with Crippen LogP contribution in [-0.2, 0) is 9.84 Å². The molecular weight excluding hydrogens is 262 g/mol. The lowest BCUT2D eigenvalue weighted by Gasteiger charge is -2.35. The van der Waals surface area contributed by atoms with E-state index in [4.69, 9.17) is 5.73 Å². The third-order valence-electron chi connectivity index (χ3n) is 3.77. The molecule has 0 aromatic carbocycles. The van der Waals surface area contributed by atoms with Gasteiger partial charge in [-0.1, -0.05) is 0 Å². The van der Waals surface area contributed by atoms with Crippen molar-refractivity contribution in [2.75, 3.05) is 18.6 Å². The highest BCUT2D eigenvalue weighted by atomic mass is 32.2. The van der Waals surface area contributed by atoms with Gasteiger partial charge in [-0.15, -0.1) is 0 Å². The second-order valence-electron chi connectivity index (χ2n) is 5.31. The lowest BCUT2D eigenvalue weighted by molar-refractivity contribution is 0.168. The average molecular weight is 283 g/mol. The van der Waals surface area contributed by atoms with E-state index in [1.165, 1.54) is 0 Å². The first kappa shape index (κ1) is 14.4. The van der Waals surface area contributed by atoms with Gasteiger partial charge in [-0.2, -0.15) is 0 Å². The van der Waals surface area contributed by atoms with Crippen LogP contribution in [0.25, 0.3) is 0 Å². The molecule has 3 atom stereocenters. The van der Waals surface area contributed by atoms with E-state index in [1.807, 2.05) is 26.1 Å². The van der Waals surface area contributed by atoms with Gasteiger partial charge < -0.3 is 5.73 Å². The number of nitrogens with zero attached hydrogens (tertiary/aromatic N) is 2. The van der Waals surface area contributed by atoms with Gasteiger partial charge in [0.2, 0.25) is 0 Å². The fraction of sp³-hybridized carbons (Fsp3) is 0.615. The van der Waals surface area contributed by atoms with E-state index in [0.717, 1.165) is 5.56 Å². The zero-order valence-electron chi connectivity index (χ0n) is 11.4. The van der Waals surface area contributed by atoms with E-state index in [1.54, 1.807) is 12.4 Å². The molecule has 2 rings (SSSR count). The number of rotatable bonds is 4. The molecule has 5 nitrogen and oxygen atoms in total. The van der Waals surface area contributed by atoms with Crippen molar-refractivity contribution in [2.45, 2.75) is 31.5 Å². The Morgan fingerprint density at radius 3 is 2.53 bits per heavy atom. The van der Waals surface area contributed by atoms with Gasteiger partial charge in [-0.05, 0) is 38.1 Å². The van der Waals surface area contributed by atoms with E-state index in [9.17, 15) is 8.42 Å². The molecule has 1 fully saturated rings. The smallest absolute Gasteiger partial charge is 0.151 e. The first-order valence-corrected chi connectivity index (χ1v) is 8.31. The Balaban J connectivity index is 2.21. The Morgan fingerprint density at radius 1 is 1.42 bits per heavy atom. The quantitative estimate of drug-likeness (QED) is 0.875. The van der Waals surface area contributed by atoms with Crippen LogP contribution >= 0.6 is 0 Å². The zero-order valence-corrected chi connectivity index (χ0v) is 12.2. The van der Waals surface area contributed by atoms with Gasteiger partial charge in [0, 0.05) is 30.5 Å². The minimum absolute atomic E-state index is 0.0151. The number of hydrogen-bond donors (Lipinski definition) is 1. The third-order valence-corrected chi connectivity index (χ3v) is 5.52. The Labute approximate surface area is 114 Å². The van der Waals surface area contributed by atoms with Crippen LogP contribution in [0.1, 0.15) is 24.9 Å². The predicted molar refractivity (Wildman–Crippen MR) is 75.4 cm³/mol. The highest BCUT2D eigenvalue weighted by molar-refractivity contribution is 7.91. The van der Waals surface area contributed by atoms with Crippen LogP contribution in [0.2, 0.25) is 0 Å². The summed E-state index contributed by atoms with van der Waals surface area (Å²) in [7, 11) is -0.918. The molecule has 0 amide bonds. The second-order valence-corrected chi connectivity index (χ2v) is 7.54. The molecule has 1 aliphatic heterocycles. The molecule has 1 aliphatic rings. The van der Waals surface area contributed by atoms with Crippen LogP contribution in [0.3, 0.4) is 0 Å². The number of likely N-dealkylation sites (N-methyl/N-ethyl adjacent to an activating group) is 1. The van der Waals surface area contributed by atoms with Crippen LogP contribution in [-0.4, -0.2) is 48.9 Å². The van der Waals surface area contributed by atoms with Gasteiger partial charge in [0.25, 0.3) is 0 Å². The van der Waals surface area contributed by atoms with Crippen LogP contribution in [0.4, 0.5) is 0 Å². The molecule has 2 heterocycles. The van der Waals surface area contributed by atoms with Crippen molar-refractivity contribution in [1.29, 1.82) is 0 Å². The molecule has 106 valence electrons. The monoisotopic (exact) mass is 283 g/mol. The molecule has 3 unspecified atom stereocenters. The van der Waals surface area contributed by atoms with Crippen molar-refractivity contribution in [3.8, 4) is 0 Å². The maximum Gasteiger partial charge on any atom is 0.151 e. The van der Waals surface area contributed by atoms with Gasteiger partial charge in [-0.3, -0.25) is 9.88 Å². The summed E-state index contributed by atoms with van der Waals surface area (Å²) in [6, 6.07) is 3.87. The molecule has 1 aromatic heterocycles. The van der Waals surface area contributed by atoms with Crippen molar-refractivity contribution >= 4 is 9.84 Å². The first-order valence-electron chi connectivity index (χ1n) is 6.48. The van der Waals surface area contributed by atoms with E-state index < -0.39 is 9.84 Å². The average Bonchev–Trinajstić information content (AvgIpc) is 2.71. The number of pyridine rings is 1. The maximum atomic E-state index is 11.6. The Morgan fingerprint density at radius 2 is 2.05 bits per heavy atom. The normalized spacial score (nSPS) is 25.4. The number of hydrogen-bond acceptors (Lipinski definition) is 5. The van der Waals surface area contributed by atoms with Gasteiger partial charge in [0.15, 0.2) is 9.84 Å². The summed E-state index contributed by atoms with van der Waals surface area (Å²) in [6.45, 7) is 1.95. The van der Waals surface area contributed by atoms with E-state index in [0.29, 0.717) is 6.42 Å². The highest BCUT2D eigenvalue weighted by Crippen LogP contribution is 2.28. The minimum Gasteiger partial charge on any atom is -0.326 e. The number of sulfone groups is 1. The minimum atomic E-state index is -2.88. The van der Waals surface area contributed by atoms with Crippen molar-refractivity contribution in [1.82, 2.24) is 9.88 Å². The molecule has 0 bridgehead atoms. The largest absolute Gasteiger partial charge is 0.326 e. The lowest BCUT2D eigenvalue weighted by atomic mass is 9.99. The highest BCUT2D eigenvalue weighted by Gasteiger charge is 2.35. The molecule has 0 spiro atoms. The van der Waals surface area contributed by atoms with E-state index >= 15 is 0 Å². The molecule has 6 heteroatoms. The number of aromatic nitrogens is 1. The van der Waals surface area contributed by atoms with Crippen LogP contribution in [0.5, 0.6) is 0 Å². The van der Waals surface area contributed by atoms with Crippen molar-refractivity contribution < 1.29 is 8.42 Å². The summed E-state index contributed by atoms with van der Waals surface area (Å²) < 4.78 is 23.2. The summed E-state index contributed by atoms with van der Waals surface area (Å²) in [5.41, 5.74) is 7.17. The van der Waals surface area contributed by atoms with Crippen LogP contribution < -0.4 is 5.73 Å². The Bertz CT molecular complexity index is 516. The molecular formula is C13H21N3O2S. The summed E-state index contributed by atoms with van der Waals surface area (Å²) in [5.74, 6) is 0.516. The van der Waals surface area contributed by atoms with Gasteiger partial charge >= 0.3 is 0 Å². The van der Waals surface area contributed by atoms with Crippen LogP contribution in [0.15, 0.2) is 24.5 Å². The number of nitrogens with two attached hydrogens (primary N) is 1. The van der Waals surface area contributed by atoms with Crippen molar-refractivity contribution in [2.24, 2.45) is 5.73 Å². The molecule has 0 radical (unpaired) electrons. The fourth-order valence-electron chi connectivity index (χ4n) is 2.79. The molecule has 1 aromatic rings. The van der Waals surface area contributed by atoms with Gasteiger partial charge in [-0.25, -0.2) is 8.42 Å². The molecule has 0 saturated carbocycles.